The van der Waals surface area contributed by atoms with Crippen LogP contribution < -0.4 is 10.2 Å². The molecule has 4 heteroatoms. The summed E-state index contributed by atoms with van der Waals surface area (Å²) in [6, 6.07) is 13.9. The van der Waals surface area contributed by atoms with E-state index in [1.54, 1.807) is 4.90 Å². The van der Waals surface area contributed by atoms with Crippen LogP contribution in [0.25, 0.3) is 0 Å². The second kappa shape index (κ2) is 9.18. The standard InChI is InChI=1S/C22H28N2O2/c1-5-18-10-12-20(13-11-18)24(17(4)25)15-14-21(26)23-22-16(3)8-7-9-19(22)6-2/h7-13H,5-6,14-15H2,1-4H3,(H,23,26). The van der Waals surface area contributed by atoms with Gasteiger partial charge in [0.25, 0.3) is 0 Å². The van der Waals surface area contributed by atoms with E-state index in [-0.39, 0.29) is 18.2 Å². The summed E-state index contributed by atoms with van der Waals surface area (Å²) in [5.41, 5.74) is 5.11. The Bertz CT molecular complexity index is 766. The Labute approximate surface area is 156 Å². The van der Waals surface area contributed by atoms with Gasteiger partial charge in [0.2, 0.25) is 11.8 Å². The lowest BCUT2D eigenvalue weighted by Gasteiger charge is -2.21. The van der Waals surface area contributed by atoms with Crippen LogP contribution in [0.4, 0.5) is 11.4 Å². The van der Waals surface area contributed by atoms with Gasteiger partial charge in [0.05, 0.1) is 0 Å². The molecule has 1 N–H and O–H groups in total. The van der Waals surface area contributed by atoms with Gasteiger partial charge in [0.1, 0.15) is 0 Å². The molecule has 0 radical (unpaired) electrons. The topological polar surface area (TPSA) is 49.4 Å². The second-order valence-corrected chi connectivity index (χ2v) is 6.45. The van der Waals surface area contributed by atoms with Crippen molar-refractivity contribution in [3.8, 4) is 0 Å². The molecule has 0 bridgehead atoms. The van der Waals surface area contributed by atoms with Gasteiger partial charge in [-0.25, -0.2) is 0 Å². The van der Waals surface area contributed by atoms with Crippen LogP contribution in [0.1, 0.15) is 43.9 Å². The molecule has 0 saturated carbocycles. The van der Waals surface area contributed by atoms with Crippen molar-refractivity contribution in [3.05, 3.63) is 59.2 Å². The minimum Gasteiger partial charge on any atom is -0.326 e. The zero-order valence-electron chi connectivity index (χ0n) is 16.1. The molecule has 0 unspecified atom stereocenters. The number of rotatable bonds is 7. The van der Waals surface area contributed by atoms with Gasteiger partial charge in [-0.05, 0) is 48.6 Å². The third kappa shape index (κ3) is 4.94. The fourth-order valence-electron chi connectivity index (χ4n) is 3.00. The van der Waals surface area contributed by atoms with Gasteiger partial charge in [-0.1, -0.05) is 44.2 Å². The van der Waals surface area contributed by atoms with Gasteiger partial charge in [0.15, 0.2) is 0 Å². The molecule has 0 atom stereocenters. The van der Waals surface area contributed by atoms with Gasteiger partial charge in [-0.2, -0.15) is 0 Å². The van der Waals surface area contributed by atoms with E-state index in [0.29, 0.717) is 6.54 Å². The fraction of sp³-hybridized carbons (Fsp3) is 0.364. The number of anilines is 2. The van der Waals surface area contributed by atoms with E-state index < -0.39 is 0 Å². The van der Waals surface area contributed by atoms with Gasteiger partial charge in [-0.3, -0.25) is 9.59 Å². The average Bonchev–Trinajstić information content (AvgIpc) is 2.63. The third-order valence-corrected chi connectivity index (χ3v) is 4.60. The average molecular weight is 352 g/mol. The van der Waals surface area contributed by atoms with Crippen LogP contribution >= 0.6 is 0 Å². The molecule has 26 heavy (non-hydrogen) atoms. The van der Waals surface area contributed by atoms with Crippen molar-refractivity contribution in [2.45, 2.75) is 47.0 Å². The van der Waals surface area contributed by atoms with Crippen molar-refractivity contribution < 1.29 is 9.59 Å². The highest BCUT2D eigenvalue weighted by atomic mass is 16.2. The molecule has 0 fully saturated rings. The van der Waals surface area contributed by atoms with Gasteiger partial charge in [0, 0.05) is 31.3 Å². The van der Waals surface area contributed by atoms with E-state index >= 15 is 0 Å². The summed E-state index contributed by atoms with van der Waals surface area (Å²) in [6.07, 6.45) is 2.08. The number of hydrogen-bond acceptors (Lipinski definition) is 2. The highest BCUT2D eigenvalue weighted by Gasteiger charge is 2.15. The number of nitrogens with one attached hydrogen (secondary N) is 1. The highest BCUT2D eigenvalue weighted by Crippen LogP contribution is 2.22. The zero-order chi connectivity index (χ0) is 19.1. The minimum absolute atomic E-state index is 0.0628. The number of amides is 2. The van der Waals surface area contributed by atoms with Crippen molar-refractivity contribution in [2.24, 2.45) is 0 Å². The first-order chi connectivity index (χ1) is 12.5. The van der Waals surface area contributed by atoms with Crippen LogP contribution in [0.5, 0.6) is 0 Å². The number of hydrogen-bond donors (Lipinski definition) is 1. The van der Waals surface area contributed by atoms with Gasteiger partial charge in [-0.15, -0.1) is 0 Å². The van der Waals surface area contributed by atoms with Crippen LogP contribution in [-0.4, -0.2) is 18.4 Å². The van der Waals surface area contributed by atoms with Crippen molar-refractivity contribution >= 4 is 23.2 Å². The summed E-state index contributed by atoms with van der Waals surface area (Å²) in [4.78, 5) is 26.1. The number of benzene rings is 2. The fourth-order valence-corrected chi connectivity index (χ4v) is 3.00. The molecule has 4 nitrogen and oxygen atoms in total. The van der Waals surface area contributed by atoms with Crippen LogP contribution in [0.15, 0.2) is 42.5 Å². The molecule has 0 aromatic heterocycles. The minimum atomic E-state index is -0.0783. The monoisotopic (exact) mass is 352 g/mol. The second-order valence-electron chi connectivity index (χ2n) is 6.45. The third-order valence-electron chi connectivity index (χ3n) is 4.60. The van der Waals surface area contributed by atoms with E-state index in [4.69, 9.17) is 0 Å². The summed E-state index contributed by atoms with van der Waals surface area (Å²) >= 11 is 0. The molecule has 0 aliphatic rings. The van der Waals surface area contributed by atoms with Gasteiger partial charge >= 0.3 is 0 Å². The summed E-state index contributed by atoms with van der Waals surface area (Å²) in [7, 11) is 0. The first-order valence-corrected chi connectivity index (χ1v) is 9.21. The molecule has 0 aliphatic carbocycles. The number of aryl methyl sites for hydroxylation is 3. The van der Waals surface area contributed by atoms with Crippen LogP contribution in [-0.2, 0) is 22.4 Å². The molecule has 0 heterocycles. The molecular formula is C22H28N2O2. The highest BCUT2D eigenvalue weighted by molar-refractivity contribution is 5.95. The molecule has 2 aromatic rings. The maximum absolute atomic E-state index is 12.4. The zero-order valence-corrected chi connectivity index (χ0v) is 16.1. The molecule has 2 aromatic carbocycles. The van der Waals surface area contributed by atoms with E-state index in [1.807, 2.05) is 49.4 Å². The molecule has 0 spiro atoms. The molecular weight excluding hydrogens is 324 g/mol. The van der Waals surface area contributed by atoms with Crippen molar-refractivity contribution in [1.82, 2.24) is 0 Å². The molecule has 0 saturated heterocycles. The van der Waals surface area contributed by atoms with E-state index in [2.05, 4.69) is 19.2 Å². The van der Waals surface area contributed by atoms with E-state index in [0.717, 1.165) is 35.3 Å². The number of carbonyl (C=O) groups excluding carboxylic acids is 2. The van der Waals surface area contributed by atoms with E-state index in [9.17, 15) is 9.59 Å². The van der Waals surface area contributed by atoms with Gasteiger partial charge < -0.3 is 10.2 Å². The molecule has 2 amide bonds. The first-order valence-electron chi connectivity index (χ1n) is 9.21. The lowest BCUT2D eigenvalue weighted by molar-refractivity contribution is -0.117. The Hall–Kier alpha value is -2.62. The maximum Gasteiger partial charge on any atom is 0.226 e. The predicted molar refractivity (Wildman–Crippen MR) is 108 cm³/mol. The molecule has 2 rings (SSSR count). The first kappa shape index (κ1) is 19.7. The Kier molecular flexibility index (Phi) is 6.96. The van der Waals surface area contributed by atoms with Crippen molar-refractivity contribution in [2.75, 3.05) is 16.8 Å². The lowest BCUT2D eigenvalue weighted by Crippen LogP contribution is -2.32. The summed E-state index contributed by atoms with van der Waals surface area (Å²) in [5.74, 6) is -0.141. The predicted octanol–water partition coefficient (Wildman–Crippen LogP) is 4.50. The summed E-state index contributed by atoms with van der Waals surface area (Å²) < 4.78 is 0. The SMILES string of the molecule is CCc1ccc(N(CCC(=O)Nc2c(C)cccc2CC)C(C)=O)cc1. The summed E-state index contributed by atoms with van der Waals surface area (Å²) in [5, 5.41) is 3.02. The van der Waals surface area contributed by atoms with Crippen LogP contribution in [0.2, 0.25) is 0 Å². The van der Waals surface area contributed by atoms with E-state index in [1.165, 1.54) is 12.5 Å². The Morgan fingerprint density at radius 2 is 1.69 bits per heavy atom. The lowest BCUT2D eigenvalue weighted by atomic mass is 10.1. The Balaban J connectivity index is 2.05. The number of para-hydroxylation sites is 1. The quantitative estimate of drug-likeness (QED) is 0.797. The normalized spacial score (nSPS) is 10.5. The molecule has 138 valence electrons. The smallest absolute Gasteiger partial charge is 0.226 e. The van der Waals surface area contributed by atoms with Crippen LogP contribution in [0, 0.1) is 6.92 Å². The number of carbonyl (C=O) groups is 2. The van der Waals surface area contributed by atoms with Crippen molar-refractivity contribution in [3.63, 3.8) is 0 Å². The van der Waals surface area contributed by atoms with Crippen LogP contribution in [0.3, 0.4) is 0 Å². The number of nitrogens with zero attached hydrogens (tertiary/aromatic N) is 1. The largest absolute Gasteiger partial charge is 0.326 e. The maximum atomic E-state index is 12.4. The Morgan fingerprint density at radius 3 is 2.27 bits per heavy atom. The van der Waals surface area contributed by atoms with Crippen molar-refractivity contribution in [1.29, 1.82) is 0 Å². The molecule has 0 aliphatic heterocycles. The summed E-state index contributed by atoms with van der Waals surface area (Å²) in [6.45, 7) is 8.05. The Morgan fingerprint density at radius 1 is 1.00 bits per heavy atom.